The van der Waals surface area contributed by atoms with Gasteiger partial charge in [0.2, 0.25) is 0 Å². The number of benzene rings is 1. The number of hydrazine groups is 1. The molecule has 0 radical (unpaired) electrons. The maximum atomic E-state index is 13.7. The van der Waals surface area contributed by atoms with Gasteiger partial charge in [-0.25, -0.2) is 18.6 Å². The van der Waals surface area contributed by atoms with Gasteiger partial charge >= 0.3 is 0 Å². The average Bonchev–Trinajstić information content (AvgIpc) is 2.97. The van der Waals surface area contributed by atoms with Crippen molar-refractivity contribution in [1.82, 2.24) is 10.9 Å². The van der Waals surface area contributed by atoms with Crippen LogP contribution in [-0.2, 0) is 0 Å². The summed E-state index contributed by atoms with van der Waals surface area (Å²) in [5.41, 5.74) is 6.20. The Morgan fingerprint density at radius 1 is 1.11 bits per heavy atom. The van der Waals surface area contributed by atoms with Gasteiger partial charge in [0.25, 0.3) is 0 Å². The van der Waals surface area contributed by atoms with E-state index in [1.807, 2.05) is 17.5 Å². The first-order valence-electron chi connectivity index (χ1n) is 5.57. The van der Waals surface area contributed by atoms with E-state index in [2.05, 4.69) is 10.9 Å². The van der Waals surface area contributed by atoms with E-state index in [4.69, 9.17) is 0 Å². The van der Waals surface area contributed by atoms with Gasteiger partial charge in [-0.15, -0.1) is 11.3 Å². The van der Waals surface area contributed by atoms with Gasteiger partial charge in [0.15, 0.2) is 0 Å². The lowest BCUT2D eigenvalue weighted by atomic mass is 10.1. The highest BCUT2D eigenvalue weighted by Gasteiger charge is 2.24. The van der Waals surface area contributed by atoms with Crippen molar-refractivity contribution in [2.45, 2.75) is 6.04 Å². The molecule has 2 aromatic rings. The SMILES string of the molecule is Fc1cc(F)c(C2C=C(c3cccs3)NN2)c(F)c1. The minimum absolute atomic E-state index is 0.194. The second-order valence-corrected chi connectivity index (χ2v) is 5.04. The van der Waals surface area contributed by atoms with E-state index < -0.39 is 23.5 Å². The number of rotatable bonds is 2. The van der Waals surface area contributed by atoms with Crippen molar-refractivity contribution in [2.75, 3.05) is 0 Å². The summed E-state index contributed by atoms with van der Waals surface area (Å²) in [4.78, 5) is 0.956. The summed E-state index contributed by atoms with van der Waals surface area (Å²) < 4.78 is 40.2. The Hall–Kier alpha value is -1.79. The fourth-order valence-electron chi connectivity index (χ4n) is 1.99. The Morgan fingerprint density at radius 3 is 2.47 bits per heavy atom. The summed E-state index contributed by atoms with van der Waals surface area (Å²) in [6.45, 7) is 0. The predicted molar refractivity (Wildman–Crippen MR) is 67.6 cm³/mol. The topological polar surface area (TPSA) is 24.1 Å². The van der Waals surface area contributed by atoms with Crippen molar-refractivity contribution in [3.8, 4) is 0 Å². The zero-order valence-corrected chi connectivity index (χ0v) is 10.4. The molecule has 3 rings (SSSR count). The lowest BCUT2D eigenvalue weighted by molar-refractivity contribution is 0.492. The van der Waals surface area contributed by atoms with Crippen LogP contribution in [0.5, 0.6) is 0 Å². The molecule has 1 unspecified atom stereocenters. The standard InChI is InChI=1S/C13H9F3N2S/c14-7-4-8(15)13(9(16)5-7)11-6-10(17-18-11)12-2-1-3-19-12/h1-6,11,17-18H. The third-order valence-corrected chi connectivity index (χ3v) is 3.74. The van der Waals surface area contributed by atoms with Gasteiger partial charge in [-0.2, -0.15) is 0 Å². The lowest BCUT2D eigenvalue weighted by Gasteiger charge is -2.11. The van der Waals surface area contributed by atoms with E-state index in [0.717, 1.165) is 10.6 Å². The van der Waals surface area contributed by atoms with E-state index >= 15 is 0 Å². The van der Waals surface area contributed by atoms with Crippen LogP contribution in [0.15, 0.2) is 35.7 Å². The molecule has 1 atom stereocenters. The fourth-order valence-corrected chi connectivity index (χ4v) is 2.69. The maximum absolute atomic E-state index is 13.7. The Balaban J connectivity index is 1.97. The van der Waals surface area contributed by atoms with Crippen LogP contribution in [0.4, 0.5) is 13.2 Å². The van der Waals surface area contributed by atoms with Gasteiger partial charge in [-0.05, 0) is 17.5 Å². The molecule has 98 valence electrons. The average molecular weight is 282 g/mol. The molecule has 19 heavy (non-hydrogen) atoms. The molecular weight excluding hydrogens is 273 g/mol. The Bertz CT molecular complexity index is 614. The second-order valence-electron chi connectivity index (χ2n) is 4.09. The van der Waals surface area contributed by atoms with Gasteiger partial charge in [0, 0.05) is 17.7 Å². The minimum Gasteiger partial charge on any atom is -0.319 e. The Morgan fingerprint density at radius 2 is 1.84 bits per heavy atom. The lowest BCUT2D eigenvalue weighted by Crippen LogP contribution is -2.27. The summed E-state index contributed by atoms with van der Waals surface area (Å²) >= 11 is 1.51. The highest BCUT2D eigenvalue weighted by Crippen LogP contribution is 2.29. The van der Waals surface area contributed by atoms with Crippen LogP contribution >= 0.6 is 11.3 Å². The number of thiophene rings is 1. The van der Waals surface area contributed by atoms with E-state index in [0.29, 0.717) is 12.1 Å². The van der Waals surface area contributed by atoms with Gasteiger partial charge in [0.05, 0.1) is 16.6 Å². The molecule has 2 nitrogen and oxygen atoms in total. The van der Waals surface area contributed by atoms with Crippen LogP contribution in [0, 0.1) is 17.5 Å². The summed E-state index contributed by atoms with van der Waals surface area (Å²) in [6.07, 6.45) is 1.67. The molecule has 2 N–H and O–H groups in total. The molecule has 1 aromatic carbocycles. The molecule has 6 heteroatoms. The number of hydrogen-bond acceptors (Lipinski definition) is 3. The molecule has 0 bridgehead atoms. The fraction of sp³-hybridized carbons (Fsp3) is 0.0769. The summed E-state index contributed by atoms with van der Waals surface area (Å²) in [7, 11) is 0. The maximum Gasteiger partial charge on any atom is 0.134 e. The van der Waals surface area contributed by atoms with Crippen LogP contribution in [0.3, 0.4) is 0 Å². The Kier molecular flexibility index (Phi) is 3.04. The van der Waals surface area contributed by atoms with Crippen LogP contribution in [0.25, 0.3) is 5.70 Å². The molecule has 0 aliphatic carbocycles. The minimum atomic E-state index is -0.924. The second kappa shape index (κ2) is 4.71. The van der Waals surface area contributed by atoms with Crippen molar-refractivity contribution in [1.29, 1.82) is 0 Å². The van der Waals surface area contributed by atoms with Gasteiger partial charge in [0.1, 0.15) is 17.5 Å². The summed E-state index contributed by atoms with van der Waals surface area (Å²) in [5, 5.41) is 1.91. The first kappa shape index (κ1) is 12.3. The molecule has 2 heterocycles. The predicted octanol–water partition coefficient (Wildman–Crippen LogP) is 3.36. The van der Waals surface area contributed by atoms with Crippen LogP contribution < -0.4 is 10.9 Å². The largest absolute Gasteiger partial charge is 0.319 e. The molecule has 0 amide bonds. The molecule has 0 saturated heterocycles. The monoisotopic (exact) mass is 282 g/mol. The van der Waals surface area contributed by atoms with Crippen LogP contribution in [0.2, 0.25) is 0 Å². The molecule has 0 saturated carbocycles. The summed E-state index contributed by atoms with van der Waals surface area (Å²) in [5.74, 6) is -2.73. The van der Waals surface area contributed by atoms with Crippen molar-refractivity contribution in [3.05, 3.63) is 63.6 Å². The number of nitrogens with one attached hydrogen (secondary N) is 2. The van der Waals surface area contributed by atoms with E-state index in [1.54, 1.807) is 6.08 Å². The van der Waals surface area contributed by atoms with Crippen molar-refractivity contribution in [3.63, 3.8) is 0 Å². The zero-order valence-electron chi connectivity index (χ0n) is 9.58. The van der Waals surface area contributed by atoms with E-state index in [-0.39, 0.29) is 5.56 Å². The summed E-state index contributed by atoms with van der Waals surface area (Å²) in [6, 6.07) is 4.46. The van der Waals surface area contributed by atoms with Crippen LogP contribution in [0.1, 0.15) is 16.5 Å². The van der Waals surface area contributed by atoms with E-state index in [1.165, 1.54) is 11.3 Å². The smallest absolute Gasteiger partial charge is 0.134 e. The van der Waals surface area contributed by atoms with Crippen LogP contribution in [-0.4, -0.2) is 0 Å². The zero-order chi connectivity index (χ0) is 13.4. The first-order chi connectivity index (χ1) is 9.15. The van der Waals surface area contributed by atoms with Gasteiger partial charge in [-0.1, -0.05) is 6.07 Å². The third kappa shape index (κ3) is 2.24. The Labute approximate surface area is 111 Å². The quantitative estimate of drug-likeness (QED) is 0.882. The van der Waals surface area contributed by atoms with Crippen molar-refractivity contribution >= 4 is 17.0 Å². The van der Waals surface area contributed by atoms with Crippen molar-refractivity contribution < 1.29 is 13.2 Å². The molecule has 0 fully saturated rings. The molecular formula is C13H9F3N2S. The number of halogens is 3. The molecule has 1 aliphatic heterocycles. The molecule has 1 aliphatic rings. The highest BCUT2D eigenvalue weighted by atomic mass is 32.1. The van der Waals surface area contributed by atoms with Gasteiger partial charge in [-0.3, -0.25) is 0 Å². The highest BCUT2D eigenvalue weighted by molar-refractivity contribution is 7.11. The number of hydrogen-bond donors (Lipinski definition) is 2. The first-order valence-corrected chi connectivity index (χ1v) is 6.45. The van der Waals surface area contributed by atoms with Gasteiger partial charge < -0.3 is 5.43 Å². The third-order valence-electron chi connectivity index (χ3n) is 2.84. The molecule has 0 spiro atoms. The van der Waals surface area contributed by atoms with Crippen molar-refractivity contribution in [2.24, 2.45) is 0 Å². The van der Waals surface area contributed by atoms with E-state index in [9.17, 15) is 13.2 Å². The normalized spacial score (nSPS) is 18.3. The molecule has 1 aromatic heterocycles.